The number of piperazine rings is 1. The summed E-state index contributed by atoms with van der Waals surface area (Å²) in [4.78, 5) is 23.4. The first-order valence-corrected chi connectivity index (χ1v) is 8.54. The molecule has 1 aromatic rings. The van der Waals surface area contributed by atoms with E-state index in [2.05, 4.69) is 41.7 Å². The van der Waals surface area contributed by atoms with Gasteiger partial charge >= 0.3 is 0 Å². The van der Waals surface area contributed by atoms with Gasteiger partial charge in [-0.15, -0.1) is 0 Å². The number of pyridine rings is 1. The Kier molecular flexibility index (Phi) is 6.54. The van der Waals surface area contributed by atoms with Crippen molar-refractivity contribution in [1.82, 2.24) is 19.7 Å². The van der Waals surface area contributed by atoms with Gasteiger partial charge in [-0.3, -0.25) is 9.78 Å². The highest BCUT2D eigenvalue weighted by molar-refractivity contribution is 5.76. The molecule has 5 nitrogen and oxygen atoms in total. The summed E-state index contributed by atoms with van der Waals surface area (Å²) < 4.78 is 0. The van der Waals surface area contributed by atoms with Crippen molar-refractivity contribution in [2.45, 2.75) is 32.7 Å². The number of likely N-dealkylation sites (N-methyl/N-ethyl adjacent to an activating group) is 2. The fraction of sp³-hybridized carbons (Fsp3) is 0.667. The lowest BCUT2D eigenvalue weighted by Crippen LogP contribution is -2.46. The van der Waals surface area contributed by atoms with Crippen LogP contribution in [0.3, 0.4) is 0 Å². The van der Waals surface area contributed by atoms with Crippen LogP contribution in [-0.2, 0) is 11.2 Å². The third-order valence-corrected chi connectivity index (χ3v) is 4.77. The molecule has 0 N–H and O–H groups in total. The van der Waals surface area contributed by atoms with E-state index in [0.29, 0.717) is 6.42 Å². The highest BCUT2D eigenvalue weighted by Gasteiger charge is 2.19. The van der Waals surface area contributed by atoms with E-state index in [0.717, 1.165) is 44.8 Å². The van der Waals surface area contributed by atoms with Gasteiger partial charge in [0.25, 0.3) is 0 Å². The van der Waals surface area contributed by atoms with Crippen molar-refractivity contribution < 1.29 is 4.79 Å². The van der Waals surface area contributed by atoms with Crippen LogP contribution in [0.1, 0.15) is 24.6 Å². The summed E-state index contributed by atoms with van der Waals surface area (Å²) in [5, 5.41) is 0. The molecule has 2 rings (SSSR count). The van der Waals surface area contributed by atoms with Crippen LogP contribution < -0.4 is 0 Å². The first kappa shape index (κ1) is 17.9. The predicted molar refractivity (Wildman–Crippen MR) is 93.5 cm³/mol. The lowest BCUT2D eigenvalue weighted by Gasteiger charge is -2.33. The number of carbonyl (C=O) groups is 1. The number of carbonyl (C=O) groups excluding carboxylic acids is 1. The van der Waals surface area contributed by atoms with Gasteiger partial charge in [0.15, 0.2) is 0 Å². The highest BCUT2D eigenvalue weighted by Crippen LogP contribution is 2.09. The standard InChI is InChI=1S/C18H30N4O/c1-15-5-7-19-17(13-15)14-16(2)21(4)18(23)6-8-22-11-9-20(3)10-12-22/h5,7,13,16H,6,8-12,14H2,1-4H3/t16-/m1/s1. The molecule has 1 saturated heterocycles. The summed E-state index contributed by atoms with van der Waals surface area (Å²) in [6, 6.07) is 4.27. The van der Waals surface area contributed by atoms with Crippen molar-refractivity contribution in [1.29, 1.82) is 0 Å². The zero-order valence-electron chi connectivity index (χ0n) is 15.0. The molecule has 1 aliphatic heterocycles. The SMILES string of the molecule is Cc1ccnc(C[C@@H](C)N(C)C(=O)CCN2CCN(C)CC2)c1. The normalized spacial score (nSPS) is 17.9. The van der Waals surface area contributed by atoms with Gasteiger partial charge in [0, 0.05) is 70.5 Å². The van der Waals surface area contributed by atoms with Gasteiger partial charge in [-0.05, 0) is 38.6 Å². The first-order valence-electron chi connectivity index (χ1n) is 8.54. The fourth-order valence-electron chi connectivity index (χ4n) is 2.90. The van der Waals surface area contributed by atoms with Crippen molar-refractivity contribution in [2.24, 2.45) is 0 Å². The molecule has 0 radical (unpaired) electrons. The van der Waals surface area contributed by atoms with Crippen molar-refractivity contribution in [3.05, 3.63) is 29.6 Å². The number of aryl methyl sites for hydroxylation is 1. The van der Waals surface area contributed by atoms with Crippen LogP contribution in [0.2, 0.25) is 0 Å². The molecule has 128 valence electrons. The maximum absolute atomic E-state index is 12.4. The average molecular weight is 318 g/mol. The topological polar surface area (TPSA) is 39.7 Å². The molecule has 1 atom stereocenters. The Labute approximate surface area is 140 Å². The number of hydrogen-bond donors (Lipinski definition) is 0. The maximum Gasteiger partial charge on any atom is 0.223 e. The van der Waals surface area contributed by atoms with E-state index in [-0.39, 0.29) is 11.9 Å². The van der Waals surface area contributed by atoms with E-state index >= 15 is 0 Å². The Bertz CT molecular complexity index is 511. The second kappa shape index (κ2) is 8.41. The van der Waals surface area contributed by atoms with Gasteiger partial charge in [-0.1, -0.05) is 0 Å². The van der Waals surface area contributed by atoms with Crippen LogP contribution >= 0.6 is 0 Å². The Morgan fingerprint density at radius 1 is 1.35 bits per heavy atom. The maximum atomic E-state index is 12.4. The molecule has 0 saturated carbocycles. The van der Waals surface area contributed by atoms with Gasteiger partial charge in [0.2, 0.25) is 5.91 Å². The number of amides is 1. The predicted octanol–water partition coefficient (Wildman–Crippen LogP) is 1.42. The molecule has 0 bridgehead atoms. The molecule has 2 heterocycles. The Hall–Kier alpha value is -1.46. The second-order valence-corrected chi connectivity index (χ2v) is 6.78. The third-order valence-electron chi connectivity index (χ3n) is 4.77. The van der Waals surface area contributed by atoms with E-state index in [1.165, 1.54) is 5.56 Å². The number of aromatic nitrogens is 1. The van der Waals surface area contributed by atoms with Crippen LogP contribution in [-0.4, -0.2) is 78.5 Å². The lowest BCUT2D eigenvalue weighted by molar-refractivity contribution is -0.132. The van der Waals surface area contributed by atoms with Crippen molar-refractivity contribution in [2.75, 3.05) is 46.8 Å². The summed E-state index contributed by atoms with van der Waals surface area (Å²) in [5.41, 5.74) is 2.27. The molecule has 0 aromatic carbocycles. The Balaban J connectivity index is 1.77. The summed E-state index contributed by atoms with van der Waals surface area (Å²) in [6.07, 6.45) is 3.25. The Morgan fingerprint density at radius 3 is 2.70 bits per heavy atom. The number of hydrogen-bond acceptors (Lipinski definition) is 4. The van der Waals surface area contributed by atoms with Crippen molar-refractivity contribution >= 4 is 5.91 Å². The summed E-state index contributed by atoms with van der Waals surface area (Å²) in [6.45, 7) is 9.36. The summed E-state index contributed by atoms with van der Waals surface area (Å²) in [7, 11) is 4.06. The molecule has 23 heavy (non-hydrogen) atoms. The first-order chi connectivity index (χ1) is 11.0. The molecule has 1 amide bonds. The lowest BCUT2D eigenvalue weighted by atomic mass is 10.1. The third kappa shape index (κ3) is 5.59. The van der Waals surface area contributed by atoms with Crippen LogP contribution in [0.25, 0.3) is 0 Å². The van der Waals surface area contributed by atoms with E-state index < -0.39 is 0 Å². The molecule has 0 aliphatic carbocycles. The van der Waals surface area contributed by atoms with Crippen molar-refractivity contribution in [3.63, 3.8) is 0 Å². The molecular formula is C18H30N4O. The number of nitrogens with zero attached hydrogens (tertiary/aromatic N) is 4. The minimum absolute atomic E-state index is 0.171. The quantitative estimate of drug-likeness (QED) is 0.795. The van der Waals surface area contributed by atoms with Crippen LogP contribution in [0, 0.1) is 6.92 Å². The van der Waals surface area contributed by atoms with Crippen LogP contribution in [0.5, 0.6) is 0 Å². The van der Waals surface area contributed by atoms with Crippen molar-refractivity contribution in [3.8, 4) is 0 Å². The van der Waals surface area contributed by atoms with Crippen LogP contribution in [0.15, 0.2) is 18.3 Å². The molecule has 1 aliphatic rings. The molecule has 1 aromatic heterocycles. The van der Waals surface area contributed by atoms with Gasteiger partial charge in [0.05, 0.1) is 0 Å². The number of rotatable bonds is 6. The largest absolute Gasteiger partial charge is 0.343 e. The van der Waals surface area contributed by atoms with Gasteiger partial charge in [-0.25, -0.2) is 0 Å². The molecule has 1 fully saturated rings. The molecular weight excluding hydrogens is 288 g/mol. The molecule has 5 heteroatoms. The smallest absolute Gasteiger partial charge is 0.223 e. The highest BCUT2D eigenvalue weighted by atomic mass is 16.2. The molecule has 0 spiro atoms. The van der Waals surface area contributed by atoms with E-state index in [9.17, 15) is 4.79 Å². The van der Waals surface area contributed by atoms with Gasteiger partial charge in [-0.2, -0.15) is 0 Å². The van der Waals surface area contributed by atoms with Gasteiger partial charge < -0.3 is 14.7 Å². The fourth-order valence-corrected chi connectivity index (χ4v) is 2.90. The van der Waals surface area contributed by atoms with Gasteiger partial charge in [0.1, 0.15) is 0 Å². The average Bonchev–Trinajstić information content (AvgIpc) is 2.53. The van der Waals surface area contributed by atoms with E-state index in [4.69, 9.17) is 0 Å². The summed E-state index contributed by atoms with van der Waals surface area (Å²) in [5.74, 6) is 0.226. The second-order valence-electron chi connectivity index (χ2n) is 6.78. The van der Waals surface area contributed by atoms with E-state index in [1.807, 2.05) is 24.2 Å². The van der Waals surface area contributed by atoms with E-state index in [1.54, 1.807) is 0 Å². The monoisotopic (exact) mass is 318 g/mol. The Morgan fingerprint density at radius 2 is 2.04 bits per heavy atom. The van der Waals surface area contributed by atoms with Crippen LogP contribution in [0.4, 0.5) is 0 Å². The minimum Gasteiger partial charge on any atom is -0.343 e. The molecule has 0 unspecified atom stereocenters. The zero-order valence-corrected chi connectivity index (χ0v) is 15.0. The summed E-state index contributed by atoms with van der Waals surface area (Å²) >= 11 is 0. The minimum atomic E-state index is 0.171. The zero-order chi connectivity index (χ0) is 16.8.